The zero-order valence-electron chi connectivity index (χ0n) is 18.2. The number of halogens is 2. The first-order chi connectivity index (χ1) is 12.8. The summed E-state index contributed by atoms with van der Waals surface area (Å²) in [5.41, 5.74) is -1.68. The van der Waals surface area contributed by atoms with Gasteiger partial charge in [-0.2, -0.15) is 0 Å². The third-order valence-electron chi connectivity index (χ3n) is 5.72. The molecular weight excluding hydrogens is 377 g/mol. The fourth-order valence-corrected chi connectivity index (χ4v) is 3.99. The minimum Gasteiger partial charge on any atom is -1.00 e. The maximum atomic E-state index is 14.8. The van der Waals surface area contributed by atoms with Crippen molar-refractivity contribution in [1.29, 1.82) is 0 Å². The second-order valence-electron chi connectivity index (χ2n) is 7.98. The van der Waals surface area contributed by atoms with Crippen molar-refractivity contribution in [2.24, 2.45) is 11.8 Å². The van der Waals surface area contributed by atoms with Crippen molar-refractivity contribution in [1.82, 2.24) is 0 Å². The Bertz CT molecular complexity index is 571. The molecule has 2 N–H and O–H groups in total. The van der Waals surface area contributed by atoms with Crippen LogP contribution in [0.4, 0.5) is 8.78 Å². The average molecular weight is 410 g/mol. The maximum Gasteiger partial charge on any atom is 1.00 e. The van der Waals surface area contributed by atoms with Crippen LogP contribution in [0.2, 0.25) is 0 Å². The van der Waals surface area contributed by atoms with Gasteiger partial charge in [0.15, 0.2) is 6.17 Å². The summed E-state index contributed by atoms with van der Waals surface area (Å²) in [7, 11) is 0. The molecular formula is C21H33F2NaO4. The van der Waals surface area contributed by atoms with Crippen LogP contribution in [0.15, 0.2) is 24.0 Å². The number of carbonyl (C=O) groups is 1. The number of carboxylic acid groups (broad SMARTS) is 1. The zero-order valence-corrected chi connectivity index (χ0v) is 19.2. The summed E-state index contributed by atoms with van der Waals surface area (Å²) in [6.45, 7) is 3.38. The van der Waals surface area contributed by atoms with Crippen LogP contribution in [-0.2, 0) is 9.53 Å². The number of hydrogen-bond donors (Lipinski definition) is 2. The topological polar surface area (TPSA) is 66.8 Å². The molecule has 1 aliphatic heterocycles. The monoisotopic (exact) mass is 410 g/mol. The van der Waals surface area contributed by atoms with Crippen molar-refractivity contribution in [3.05, 3.63) is 24.0 Å². The molecule has 2 rings (SSSR count). The van der Waals surface area contributed by atoms with E-state index in [1.54, 1.807) is 12.2 Å². The number of carboxylic acids is 1. The van der Waals surface area contributed by atoms with Gasteiger partial charge in [0.1, 0.15) is 23.6 Å². The molecule has 1 saturated heterocycles. The molecule has 2 unspecified atom stereocenters. The molecule has 0 amide bonds. The molecule has 0 radical (unpaired) electrons. The van der Waals surface area contributed by atoms with Gasteiger partial charge in [-0.25, -0.2) is 8.78 Å². The number of unbranched alkanes of at least 4 members (excludes halogenated alkanes) is 2. The quantitative estimate of drug-likeness (QED) is 0.328. The molecule has 0 bridgehead atoms. The van der Waals surface area contributed by atoms with E-state index in [-0.39, 0.29) is 55.3 Å². The summed E-state index contributed by atoms with van der Waals surface area (Å²) >= 11 is 0. The normalized spacial score (nSPS) is 31.2. The van der Waals surface area contributed by atoms with Crippen molar-refractivity contribution < 1.29 is 59.5 Å². The Morgan fingerprint density at radius 1 is 1.43 bits per heavy atom. The largest absolute Gasteiger partial charge is 1.00 e. The molecule has 1 aliphatic carbocycles. The number of alkyl halides is 2. The number of fused-ring (bicyclic) bond motifs is 1. The van der Waals surface area contributed by atoms with Gasteiger partial charge >= 0.3 is 35.5 Å². The Kier molecular flexibility index (Phi) is 10.7. The van der Waals surface area contributed by atoms with Gasteiger partial charge in [-0.15, -0.1) is 0 Å². The van der Waals surface area contributed by atoms with Crippen LogP contribution in [0.5, 0.6) is 0 Å². The fourth-order valence-electron chi connectivity index (χ4n) is 3.99. The Hall–Kier alpha value is -0.430. The number of hydrogen-bond acceptors (Lipinski definition) is 3. The summed E-state index contributed by atoms with van der Waals surface area (Å²) in [6, 6.07) is 0. The van der Waals surface area contributed by atoms with Crippen molar-refractivity contribution in [2.75, 3.05) is 0 Å². The molecule has 156 valence electrons. The molecule has 1 saturated carbocycles. The molecule has 0 aromatic carbocycles. The third kappa shape index (κ3) is 6.82. The van der Waals surface area contributed by atoms with Crippen molar-refractivity contribution in [3.8, 4) is 0 Å². The summed E-state index contributed by atoms with van der Waals surface area (Å²) in [6.07, 6.45) is 6.58. The molecule has 7 heteroatoms. The van der Waals surface area contributed by atoms with E-state index in [0.29, 0.717) is 31.4 Å². The Labute approximate surface area is 190 Å². The van der Waals surface area contributed by atoms with E-state index in [1.165, 1.54) is 13.0 Å². The number of allylic oxidation sites excluding steroid dienone is 3. The number of rotatable bonds is 10. The van der Waals surface area contributed by atoms with Gasteiger partial charge in [-0.1, -0.05) is 31.9 Å². The molecule has 2 aliphatic rings. The molecule has 1 heterocycles. The van der Waals surface area contributed by atoms with Crippen LogP contribution in [0.25, 0.3) is 0 Å². The summed E-state index contributed by atoms with van der Waals surface area (Å²) in [4.78, 5) is 10.5. The molecule has 0 aromatic rings. The van der Waals surface area contributed by atoms with E-state index >= 15 is 0 Å². The second kappa shape index (κ2) is 11.7. The summed E-state index contributed by atoms with van der Waals surface area (Å²) in [5.74, 6) is -0.975. The first-order valence-corrected chi connectivity index (χ1v) is 10.0. The molecule has 0 spiro atoms. The molecule has 0 aromatic heterocycles. The molecule has 28 heavy (non-hydrogen) atoms. The van der Waals surface area contributed by atoms with Gasteiger partial charge in [-0.05, 0) is 51.0 Å². The average Bonchev–Trinajstić information content (AvgIpc) is 3.15. The van der Waals surface area contributed by atoms with E-state index < -0.39 is 23.9 Å². The van der Waals surface area contributed by atoms with Crippen LogP contribution >= 0.6 is 0 Å². The van der Waals surface area contributed by atoms with Gasteiger partial charge in [0.2, 0.25) is 0 Å². The van der Waals surface area contributed by atoms with Gasteiger partial charge in [-0.3, -0.25) is 4.79 Å². The van der Waals surface area contributed by atoms with Crippen molar-refractivity contribution in [3.63, 3.8) is 0 Å². The van der Waals surface area contributed by atoms with Gasteiger partial charge < -0.3 is 16.4 Å². The number of aliphatic carboxylic acids is 1. The smallest absolute Gasteiger partial charge is 1.00 e. The van der Waals surface area contributed by atoms with Gasteiger partial charge in [0, 0.05) is 12.3 Å². The van der Waals surface area contributed by atoms with Crippen LogP contribution in [0.1, 0.15) is 66.6 Å². The number of aliphatic hydroxyl groups excluding tert-OH is 1. The van der Waals surface area contributed by atoms with E-state index in [0.717, 1.165) is 19.3 Å². The van der Waals surface area contributed by atoms with E-state index in [4.69, 9.17) is 9.84 Å². The van der Waals surface area contributed by atoms with Crippen LogP contribution in [-0.4, -0.2) is 40.2 Å². The minimum absolute atomic E-state index is 0. The second-order valence-corrected chi connectivity index (χ2v) is 7.98. The molecule has 6 atom stereocenters. The van der Waals surface area contributed by atoms with Crippen LogP contribution in [0, 0.1) is 11.8 Å². The predicted molar refractivity (Wildman–Crippen MR) is 101 cm³/mol. The zero-order chi connectivity index (χ0) is 20.0. The fraction of sp³-hybridized carbons (Fsp3) is 0.762. The van der Waals surface area contributed by atoms with E-state index in [1.807, 2.05) is 6.92 Å². The number of ether oxygens (including phenoxy) is 1. The predicted octanol–water partition coefficient (Wildman–Crippen LogP) is 1.84. The molecule has 4 nitrogen and oxygen atoms in total. The third-order valence-corrected chi connectivity index (χ3v) is 5.72. The number of aliphatic hydroxyl groups is 1. The minimum atomic E-state index is -1.68. The van der Waals surface area contributed by atoms with Gasteiger partial charge in [0.05, 0.1) is 0 Å². The van der Waals surface area contributed by atoms with E-state index in [9.17, 15) is 18.7 Å². The van der Waals surface area contributed by atoms with E-state index in [2.05, 4.69) is 0 Å². The Balaban J connectivity index is 0.00000392. The SMILES string of the molecule is CCCCC(C)(F)[C@H](O)/C=C/[C@H]1CC[C@@H]2O/C(=C\CCCC(=O)O)C(F)[C@@H]21.[H-].[Na+]. The summed E-state index contributed by atoms with van der Waals surface area (Å²) in [5, 5.41) is 18.8. The van der Waals surface area contributed by atoms with Gasteiger partial charge in [0.25, 0.3) is 0 Å². The molecule has 2 fully saturated rings. The maximum absolute atomic E-state index is 14.8. The van der Waals surface area contributed by atoms with Crippen LogP contribution < -0.4 is 29.6 Å². The summed E-state index contributed by atoms with van der Waals surface area (Å²) < 4.78 is 35.1. The Morgan fingerprint density at radius 2 is 2.14 bits per heavy atom. The van der Waals surface area contributed by atoms with Crippen molar-refractivity contribution in [2.45, 2.75) is 89.3 Å². The van der Waals surface area contributed by atoms with Crippen molar-refractivity contribution >= 4 is 5.97 Å². The Morgan fingerprint density at radius 3 is 2.79 bits per heavy atom. The first-order valence-electron chi connectivity index (χ1n) is 10.0. The standard InChI is InChI=1S/C21H32F2O4.Na.H/c1-3-4-13-21(2,23)17(24)12-10-14-9-11-15-19(14)20(22)16(27-15)7-5-6-8-18(25)26;;/h7,10,12,14-15,17,19-20,24H,3-6,8-9,11,13H2,1-2H3,(H,25,26);;/q;+1;-1/b12-10+,16-7-;;/t14-,15+,17-,19-,20?,21?;;/m1../s1. The van der Waals surface area contributed by atoms with Crippen LogP contribution in [0.3, 0.4) is 0 Å². The first kappa shape index (κ1) is 25.6.